The summed E-state index contributed by atoms with van der Waals surface area (Å²) in [6, 6.07) is 5.45. The molecular weight excluding hydrogens is 252 g/mol. The Morgan fingerprint density at radius 1 is 1.40 bits per heavy atom. The molecular formula is C15H20N4O. The van der Waals surface area contributed by atoms with Crippen LogP contribution in [0.2, 0.25) is 0 Å². The average molecular weight is 272 g/mol. The fourth-order valence-corrected chi connectivity index (χ4v) is 2.46. The molecule has 0 bridgehead atoms. The molecule has 0 aliphatic rings. The summed E-state index contributed by atoms with van der Waals surface area (Å²) in [6.07, 6.45) is 0.928. The Labute approximate surface area is 118 Å². The highest BCUT2D eigenvalue weighted by Gasteiger charge is 2.16. The van der Waals surface area contributed by atoms with Gasteiger partial charge in [-0.1, -0.05) is 6.92 Å². The lowest BCUT2D eigenvalue weighted by Gasteiger charge is -2.12. The molecule has 3 N–H and O–H groups in total. The Morgan fingerprint density at radius 3 is 2.60 bits per heavy atom. The number of nitrogens with zero attached hydrogens (tertiary/aromatic N) is 2. The summed E-state index contributed by atoms with van der Waals surface area (Å²) in [7, 11) is 1.62. The molecule has 0 fully saturated rings. The van der Waals surface area contributed by atoms with Gasteiger partial charge in [-0.3, -0.25) is 5.41 Å². The molecule has 0 aliphatic heterocycles. The van der Waals surface area contributed by atoms with Crippen molar-refractivity contribution >= 4 is 5.84 Å². The van der Waals surface area contributed by atoms with Crippen molar-refractivity contribution in [1.29, 1.82) is 5.41 Å². The van der Waals surface area contributed by atoms with Crippen molar-refractivity contribution in [3.05, 3.63) is 40.7 Å². The summed E-state index contributed by atoms with van der Waals surface area (Å²) in [5.41, 5.74) is 10.4. The third-order valence-electron chi connectivity index (χ3n) is 3.52. The molecule has 0 aliphatic carbocycles. The highest BCUT2D eigenvalue weighted by molar-refractivity contribution is 5.98. The first-order valence-corrected chi connectivity index (χ1v) is 6.57. The predicted molar refractivity (Wildman–Crippen MR) is 80.0 cm³/mol. The fraction of sp³-hybridized carbons (Fsp3) is 0.333. The summed E-state index contributed by atoms with van der Waals surface area (Å²) >= 11 is 0. The number of hydrogen-bond donors (Lipinski definition) is 2. The summed E-state index contributed by atoms with van der Waals surface area (Å²) in [5.74, 6) is 0.740. The summed E-state index contributed by atoms with van der Waals surface area (Å²) in [6.45, 7) is 6.14. The number of ether oxygens (including phenoxy) is 1. The molecule has 0 unspecified atom stereocenters. The van der Waals surface area contributed by atoms with Crippen LogP contribution in [0.1, 0.15) is 29.4 Å². The second-order valence-electron chi connectivity index (χ2n) is 4.71. The zero-order chi connectivity index (χ0) is 14.9. The van der Waals surface area contributed by atoms with Crippen LogP contribution in [0, 0.1) is 19.3 Å². The molecule has 0 atom stereocenters. The lowest BCUT2D eigenvalue weighted by molar-refractivity contribution is 0.414. The van der Waals surface area contributed by atoms with Crippen molar-refractivity contribution in [2.75, 3.05) is 7.11 Å². The van der Waals surface area contributed by atoms with Crippen LogP contribution in [0.3, 0.4) is 0 Å². The van der Waals surface area contributed by atoms with E-state index < -0.39 is 0 Å². The molecule has 20 heavy (non-hydrogen) atoms. The number of hydrogen-bond acceptors (Lipinski definition) is 3. The van der Waals surface area contributed by atoms with E-state index in [4.69, 9.17) is 15.9 Å². The number of amidine groups is 1. The van der Waals surface area contributed by atoms with Gasteiger partial charge in [-0.2, -0.15) is 5.10 Å². The second kappa shape index (κ2) is 5.36. The maximum absolute atomic E-state index is 7.72. The maximum atomic E-state index is 7.72. The molecule has 0 saturated heterocycles. The van der Waals surface area contributed by atoms with Crippen LogP contribution in [0.15, 0.2) is 18.2 Å². The van der Waals surface area contributed by atoms with Gasteiger partial charge < -0.3 is 10.5 Å². The van der Waals surface area contributed by atoms with Gasteiger partial charge in [-0.25, -0.2) is 4.68 Å². The summed E-state index contributed by atoms with van der Waals surface area (Å²) in [4.78, 5) is 0. The van der Waals surface area contributed by atoms with E-state index in [2.05, 4.69) is 12.0 Å². The van der Waals surface area contributed by atoms with E-state index in [0.29, 0.717) is 5.56 Å². The largest absolute Gasteiger partial charge is 0.497 e. The van der Waals surface area contributed by atoms with Crippen molar-refractivity contribution in [2.24, 2.45) is 5.73 Å². The Hall–Kier alpha value is -2.30. The molecule has 2 aromatic rings. The fourth-order valence-electron chi connectivity index (χ4n) is 2.46. The summed E-state index contributed by atoms with van der Waals surface area (Å²) in [5, 5.41) is 12.3. The van der Waals surface area contributed by atoms with Crippen LogP contribution in [-0.2, 0) is 6.42 Å². The third-order valence-corrected chi connectivity index (χ3v) is 3.52. The highest BCUT2D eigenvalue weighted by atomic mass is 16.5. The minimum atomic E-state index is 0.0215. The molecule has 0 amide bonds. The van der Waals surface area contributed by atoms with Crippen LogP contribution < -0.4 is 10.5 Å². The molecule has 2 rings (SSSR count). The van der Waals surface area contributed by atoms with E-state index in [1.54, 1.807) is 19.2 Å². The van der Waals surface area contributed by atoms with Crippen molar-refractivity contribution in [3.63, 3.8) is 0 Å². The van der Waals surface area contributed by atoms with Crippen LogP contribution in [0.5, 0.6) is 5.75 Å². The summed E-state index contributed by atoms with van der Waals surface area (Å²) < 4.78 is 7.10. The Kier molecular flexibility index (Phi) is 3.79. The Morgan fingerprint density at radius 2 is 2.10 bits per heavy atom. The number of benzene rings is 1. The predicted octanol–water partition coefficient (Wildman–Crippen LogP) is 2.34. The highest BCUT2D eigenvalue weighted by Crippen LogP contribution is 2.24. The first kappa shape index (κ1) is 14.1. The van der Waals surface area contributed by atoms with Crippen LogP contribution in [-0.4, -0.2) is 22.7 Å². The molecule has 0 spiro atoms. The minimum Gasteiger partial charge on any atom is -0.497 e. The third kappa shape index (κ3) is 2.27. The molecule has 1 heterocycles. The van der Waals surface area contributed by atoms with E-state index in [-0.39, 0.29) is 5.84 Å². The molecule has 1 aromatic carbocycles. The standard InChI is InChI=1S/C15H20N4O/c1-5-12-9(2)18-19(10(12)3)14-8-11(20-4)6-7-13(14)15(16)17/h6-8H,5H2,1-4H3,(H3,16,17). The van der Waals surface area contributed by atoms with Crippen LogP contribution in [0.25, 0.3) is 5.69 Å². The molecule has 106 valence electrons. The molecule has 5 heteroatoms. The SMILES string of the molecule is CCc1c(C)nn(-c2cc(OC)ccc2C(=N)N)c1C. The number of aryl methyl sites for hydroxylation is 1. The first-order valence-electron chi connectivity index (χ1n) is 6.57. The van der Waals surface area contributed by atoms with Gasteiger partial charge in [0.1, 0.15) is 11.6 Å². The van der Waals surface area contributed by atoms with Crippen LogP contribution >= 0.6 is 0 Å². The molecule has 0 radical (unpaired) electrons. The first-order chi connectivity index (χ1) is 9.49. The van der Waals surface area contributed by atoms with Gasteiger partial charge in [0.15, 0.2) is 0 Å². The van der Waals surface area contributed by atoms with Gasteiger partial charge >= 0.3 is 0 Å². The van der Waals surface area contributed by atoms with E-state index in [1.807, 2.05) is 24.6 Å². The monoisotopic (exact) mass is 272 g/mol. The zero-order valence-corrected chi connectivity index (χ0v) is 12.3. The van der Waals surface area contributed by atoms with E-state index in [1.165, 1.54) is 5.56 Å². The zero-order valence-electron chi connectivity index (χ0n) is 12.3. The van der Waals surface area contributed by atoms with E-state index in [0.717, 1.165) is 29.2 Å². The van der Waals surface area contributed by atoms with Gasteiger partial charge in [0, 0.05) is 17.3 Å². The Balaban J connectivity index is 2.70. The maximum Gasteiger partial charge on any atom is 0.124 e. The number of nitrogens with one attached hydrogen (secondary N) is 1. The van der Waals surface area contributed by atoms with Gasteiger partial charge in [0.05, 0.1) is 18.5 Å². The lowest BCUT2D eigenvalue weighted by atomic mass is 10.1. The number of methoxy groups -OCH3 is 1. The number of nitrogens with two attached hydrogens (primary N) is 1. The van der Waals surface area contributed by atoms with Gasteiger partial charge in [0.25, 0.3) is 0 Å². The molecule has 1 aromatic heterocycles. The smallest absolute Gasteiger partial charge is 0.124 e. The molecule has 5 nitrogen and oxygen atoms in total. The Bertz CT molecular complexity index is 658. The lowest BCUT2D eigenvalue weighted by Crippen LogP contribution is -2.16. The van der Waals surface area contributed by atoms with Crippen LogP contribution in [0.4, 0.5) is 0 Å². The van der Waals surface area contributed by atoms with Crippen molar-refractivity contribution < 1.29 is 4.74 Å². The molecule has 0 saturated carbocycles. The van der Waals surface area contributed by atoms with E-state index in [9.17, 15) is 0 Å². The van der Waals surface area contributed by atoms with E-state index >= 15 is 0 Å². The number of aromatic nitrogens is 2. The van der Waals surface area contributed by atoms with Crippen molar-refractivity contribution in [1.82, 2.24) is 9.78 Å². The quantitative estimate of drug-likeness (QED) is 0.662. The van der Waals surface area contributed by atoms with Crippen molar-refractivity contribution in [2.45, 2.75) is 27.2 Å². The number of nitrogen functional groups attached to an aromatic ring is 1. The van der Waals surface area contributed by atoms with Crippen molar-refractivity contribution in [3.8, 4) is 11.4 Å². The topological polar surface area (TPSA) is 76.9 Å². The second-order valence-corrected chi connectivity index (χ2v) is 4.71. The minimum absolute atomic E-state index is 0.0215. The average Bonchev–Trinajstić information content (AvgIpc) is 2.72. The van der Waals surface area contributed by atoms with Gasteiger partial charge in [-0.15, -0.1) is 0 Å². The van der Waals surface area contributed by atoms with Gasteiger partial charge in [0.2, 0.25) is 0 Å². The number of rotatable bonds is 4. The normalized spacial score (nSPS) is 10.6. The van der Waals surface area contributed by atoms with Gasteiger partial charge in [-0.05, 0) is 38.0 Å².